The fourth-order valence-electron chi connectivity index (χ4n) is 3.69. The normalized spacial score (nSPS) is 17.2. The van der Waals surface area contributed by atoms with Crippen LogP contribution in [0.3, 0.4) is 0 Å². The highest BCUT2D eigenvalue weighted by atomic mass is 16.2. The van der Waals surface area contributed by atoms with E-state index in [0.717, 1.165) is 24.8 Å². The van der Waals surface area contributed by atoms with Gasteiger partial charge in [0.2, 0.25) is 11.8 Å². The summed E-state index contributed by atoms with van der Waals surface area (Å²) >= 11 is 0. The molecule has 31 heavy (non-hydrogen) atoms. The number of carbonyl (C=O) groups is 3. The Bertz CT molecular complexity index is 968. The summed E-state index contributed by atoms with van der Waals surface area (Å²) in [6.07, 6.45) is 2.77. The van der Waals surface area contributed by atoms with Gasteiger partial charge in [-0.05, 0) is 43.0 Å². The van der Waals surface area contributed by atoms with Gasteiger partial charge in [0, 0.05) is 18.7 Å². The van der Waals surface area contributed by atoms with E-state index in [1.807, 2.05) is 36.4 Å². The fourth-order valence-corrected chi connectivity index (χ4v) is 3.69. The second kappa shape index (κ2) is 10.9. The van der Waals surface area contributed by atoms with Crippen LogP contribution in [0.2, 0.25) is 0 Å². The molecule has 1 heterocycles. The van der Waals surface area contributed by atoms with E-state index in [4.69, 9.17) is 5.26 Å². The van der Waals surface area contributed by atoms with E-state index in [1.54, 1.807) is 23.1 Å². The zero-order valence-corrected chi connectivity index (χ0v) is 17.3. The average Bonchev–Trinajstić information content (AvgIpc) is 2.81. The van der Waals surface area contributed by atoms with Gasteiger partial charge in [0.05, 0.1) is 30.6 Å². The van der Waals surface area contributed by atoms with E-state index in [-0.39, 0.29) is 24.8 Å². The van der Waals surface area contributed by atoms with Crippen LogP contribution < -0.4 is 10.6 Å². The lowest BCUT2D eigenvalue weighted by Gasteiger charge is -2.33. The van der Waals surface area contributed by atoms with Crippen LogP contribution in [-0.4, -0.2) is 42.3 Å². The van der Waals surface area contributed by atoms with Gasteiger partial charge in [0.25, 0.3) is 5.91 Å². The average molecular weight is 418 g/mol. The van der Waals surface area contributed by atoms with Crippen molar-refractivity contribution in [2.75, 3.05) is 19.6 Å². The number of amides is 3. The highest BCUT2D eigenvalue weighted by molar-refractivity contribution is 5.96. The molecule has 0 aliphatic carbocycles. The first-order valence-corrected chi connectivity index (χ1v) is 10.5. The van der Waals surface area contributed by atoms with Crippen molar-refractivity contribution in [2.45, 2.75) is 31.7 Å². The summed E-state index contributed by atoms with van der Waals surface area (Å²) in [5.41, 5.74) is 1.59. The maximum absolute atomic E-state index is 13.1. The molecule has 0 bridgehead atoms. The number of nitriles is 1. The van der Waals surface area contributed by atoms with Crippen LogP contribution in [0.1, 0.15) is 53.2 Å². The summed E-state index contributed by atoms with van der Waals surface area (Å²) in [5.74, 6) is -0.751. The number of hydrogen-bond donors (Lipinski definition) is 2. The third-order valence-electron chi connectivity index (χ3n) is 5.31. The van der Waals surface area contributed by atoms with Crippen LogP contribution >= 0.6 is 0 Å². The van der Waals surface area contributed by atoms with Crippen LogP contribution in [0.15, 0.2) is 54.6 Å². The topological polar surface area (TPSA) is 102 Å². The monoisotopic (exact) mass is 418 g/mol. The summed E-state index contributed by atoms with van der Waals surface area (Å²) in [6, 6.07) is 17.4. The third-order valence-corrected chi connectivity index (χ3v) is 5.31. The lowest BCUT2D eigenvalue weighted by molar-refractivity contribution is -0.134. The molecule has 3 rings (SSSR count). The Balaban J connectivity index is 1.76. The number of rotatable bonds is 4. The molecule has 1 atom stereocenters. The lowest BCUT2D eigenvalue weighted by Crippen LogP contribution is -2.44. The molecule has 0 saturated carbocycles. The van der Waals surface area contributed by atoms with E-state index in [2.05, 4.69) is 10.6 Å². The number of nitrogens with one attached hydrogen (secondary N) is 2. The Morgan fingerprint density at radius 1 is 1.10 bits per heavy atom. The quantitative estimate of drug-likeness (QED) is 0.796. The Labute approximate surface area is 182 Å². The van der Waals surface area contributed by atoms with Gasteiger partial charge in [-0.1, -0.05) is 36.4 Å². The second-order valence-electron chi connectivity index (χ2n) is 7.50. The minimum Gasteiger partial charge on any atom is -0.356 e. The van der Waals surface area contributed by atoms with E-state index < -0.39 is 11.9 Å². The molecule has 1 aliphatic heterocycles. The molecule has 1 saturated heterocycles. The zero-order valence-electron chi connectivity index (χ0n) is 17.3. The van der Waals surface area contributed by atoms with Gasteiger partial charge >= 0.3 is 0 Å². The SMILES string of the molecule is N#Cc1cccc(C(=O)NCC(=O)N2CCCCCNC(=O)CC2c2ccccc2)c1. The van der Waals surface area contributed by atoms with Crippen LogP contribution in [0.4, 0.5) is 0 Å². The maximum Gasteiger partial charge on any atom is 0.251 e. The van der Waals surface area contributed by atoms with Crippen LogP contribution in [0.5, 0.6) is 0 Å². The third kappa shape index (κ3) is 6.16. The van der Waals surface area contributed by atoms with Gasteiger partial charge in [-0.2, -0.15) is 5.26 Å². The number of hydrogen-bond acceptors (Lipinski definition) is 4. The van der Waals surface area contributed by atoms with Crippen molar-refractivity contribution in [3.8, 4) is 6.07 Å². The lowest BCUT2D eigenvalue weighted by atomic mass is 10.00. The van der Waals surface area contributed by atoms with Crippen LogP contribution in [0, 0.1) is 11.3 Å². The highest BCUT2D eigenvalue weighted by Gasteiger charge is 2.28. The predicted molar refractivity (Wildman–Crippen MR) is 116 cm³/mol. The van der Waals surface area contributed by atoms with Gasteiger partial charge < -0.3 is 15.5 Å². The van der Waals surface area contributed by atoms with Gasteiger partial charge in [-0.15, -0.1) is 0 Å². The maximum atomic E-state index is 13.1. The molecule has 160 valence electrons. The standard InChI is InChI=1S/C24H26N4O3/c25-16-18-8-7-11-20(14-18)24(31)27-17-23(30)28-13-6-2-5-12-26-22(29)15-21(28)19-9-3-1-4-10-19/h1,3-4,7-11,14,21H,2,5-6,12-13,15,17H2,(H,26,29)(H,27,31). The van der Waals surface area contributed by atoms with Crippen molar-refractivity contribution >= 4 is 17.7 Å². The van der Waals surface area contributed by atoms with E-state index in [0.29, 0.717) is 24.2 Å². The molecule has 2 aromatic carbocycles. The fraction of sp³-hybridized carbons (Fsp3) is 0.333. The molecule has 7 nitrogen and oxygen atoms in total. The smallest absolute Gasteiger partial charge is 0.251 e. The predicted octanol–water partition coefficient (Wildman–Crippen LogP) is 2.55. The molecule has 0 aromatic heterocycles. The van der Waals surface area contributed by atoms with Crippen molar-refractivity contribution < 1.29 is 14.4 Å². The first-order valence-electron chi connectivity index (χ1n) is 10.5. The van der Waals surface area contributed by atoms with Gasteiger partial charge in [0.1, 0.15) is 0 Å². The summed E-state index contributed by atoms with van der Waals surface area (Å²) in [4.78, 5) is 39.7. The first kappa shape index (κ1) is 22.0. The van der Waals surface area contributed by atoms with Gasteiger partial charge in [-0.3, -0.25) is 14.4 Å². The zero-order chi connectivity index (χ0) is 22.1. The van der Waals surface area contributed by atoms with E-state index in [9.17, 15) is 14.4 Å². The minimum atomic E-state index is -0.416. The second-order valence-corrected chi connectivity index (χ2v) is 7.50. The Morgan fingerprint density at radius 3 is 2.68 bits per heavy atom. The van der Waals surface area contributed by atoms with Crippen molar-refractivity contribution in [1.29, 1.82) is 5.26 Å². The molecule has 0 spiro atoms. The molecular weight excluding hydrogens is 392 g/mol. The van der Waals surface area contributed by atoms with Crippen molar-refractivity contribution in [3.05, 3.63) is 71.3 Å². The molecular formula is C24H26N4O3. The van der Waals surface area contributed by atoms with Crippen molar-refractivity contribution in [2.24, 2.45) is 0 Å². The minimum absolute atomic E-state index is 0.0918. The molecule has 3 amide bonds. The molecule has 2 aromatic rings. The summed E-state index contributed by atoms with van der Waals surface area (Å²) in [5, 5.41) is 14.6. The summed E-state index contributed by atoms with van der Waals surface area (Å²) < 4.78 is 0. The summed E-state index contributed by atoms with van der Waals surface area (Å²) in [6.45, 7) is 0.984. The van der Waals surface area contributed by atoms with Gasteiger partial charge in [0.15, 0.2) is 0 Å². The first-order chi connectivity index (χ1) is 15.1. The Morgan fingerprint density at radius 2 is 1.90 bits per heavy atom. The Kier molecular flexibility index (Phi) is 7.77. The van der Waals surface area contributed by atoms with Gasteiger partial charge in [-0.25, -0.2) is 0 Å². The molecule has 1 fully saturated rings. The number of nitrogens with zero attached hydrogens (tertiary/aromatic N) is 2. The molecule has 1 aliphatic rings. The van der Waals surface area contributed by atoms with E-state index in [1.165, 1.54) is 6.07 Å². The highest BCUT2D eigenvalue weighted by Crippen LogP contribution is 2.26. The summed E-state index contributed by atoms with van der Waals surface area (Å²) in [7, 11) is 0. The largest absolute Gasteiger partial charge is 0.356 e. The van der Waals surface area contributed by atoms with Crippen LogP contribution in [0.25, 0.3) is 0 Å². The molecule has 0 radical (unpaired) electrons. The molecule has 2 N–H and O–H groups in total. The van der Waals surface area contributed by atoms with Crippen molar-refractivity contribution in [3.63, 3.8) is 0 Å². The number of carbonyl (C=O) groups excluding carboxylic acids is 3. The van der Waals surface area contributed by atoms with Crippen molar-refractivity contribution in [1.82, 2.24) is 15.5 Å². The Hall–Kier alpha value is -3.66. The number of benzene rings is 2. The van der Waals surface area contributed by atoms with Crippen LogP contribution in [-0.2, 0) is 9.59 Å². The van der Waals surface area contributed by atoms with E-state index >= 15 is 0 Å². The molecule has 1 unspecified atom stereocenters. The molecule has 7 heteroatoms.